The number of hydrogen-bond acceptors (Lipinski definition) is 6. The van der Waals surface area contributed by atoms with Crippen molar-refractivity contribution in [2.24, 2.45) is 5.92 Å². The molecule has 0 spiro atoms. The molecule has 1 amide bonds. The van der Waals surface area contributed by atoms with Gasteiger partial charge in [-0.3, -0.25) is 9.69 Å². The first-order valence-electron chi connectivity index (χ1n) is 13.8. The third kappa shape index (κ3) is 12.9. The molecule has 0 aromatic heterocycles. The van der Waals surface area contributed by atoms with E-state index in [4.69, 9.17) is 18.9 Å². The molecule has 0 N–H and O–H groups in total. The fourth-order valence-corrected chi connectivity index (χ4v) is 3.74. The number of nitrogens with zero attached hydrogens (tertiary/aromatic N) is 1. The number of benzene rings is 1. The molecule has 0 fully saturated rings. The van der Waals surface area contributed by atoms with Crippen molar-refractivity contribution >= 4 is 12.6 Å². The Morgan fingerprint density at radius 1 is 1.07 bits per heavy atom. The topological polar surface area (TPSA) is 74.3 Å². The normalized spacial score (nSPS) is 13.3. The smallest absolute Gasteiger partial charge is 0.418 e. The summed E-state index contributed by atoms with van der Waals surface area (Å²) in [6.45, 7) is 12.9. The minimum absolute atomic E-state index is 0.319. The van der Waals surface area contributed by atoms with Crippen molar-refractivity contribution in [1.29, 1.82) is 0 Å². The number of methoxy groups -OCH3 is 1. The Morgan fingerprint density at radius 2 is 1.80 bits per heavy atom. The van der Waals surface area contributed by atoms with Gasteiger partial charge in [0.05, 0.1) is 13.7 Å². The van der Waals surface area contributed by atoms with Crippen LogP contribution in [0.25, 0.3) is 0 Å². The van der Waals surface area contributed by atoms with Crippen molar-refractivity contribution in [2.45, 2.75) is 73.3 Å². The third-order valence-electron chi connectivity index (χ3n) is 6.09. The monoisotopic (exact) mass is 553 g/mol. The lowest BCUT2D eigenvalue weighted by Gasteiger charge is -2.22. The van der Waals surface area contributed by atoms with Crippen molar-refractivity contribution in [3.63, 3.8) is 0 Å². The Kier molecular flexibility index (Phi) is 16.6. The van der Waals surface area contributed by atoms with Crippen molar-refractivity contribution in [1.82, 2.24) is 4.90 Å². The molecule has 0 heterocycles. The van der Waals surface area contributed by atoms with E-state index >= 15 is 0 Å². The molecular weight excluding hydrogens is 506 g/mol. The number of ether oxygens (including phenoxy) is 4. The summed E-state index contributed by atoms with van der Waals surface area (Å²) in [6, 6.07) is 3.99. The fraction of sp³-hybridized carbons (Fsp3) is 0.455. The van der Waals surface area contributed by atoms with Gasteiger partial charge in [-0.05, 0) is 83.1 Å². The predicted molar refractivity (Wildman–Crippen MR) is 161 cm³/mol. The molecule has 40 heavy (non-hydrogen) atoms. The van der Waals surface area contributed by atoms with Gasteiger partial charge in [-0.15, -0.1) is 0 Å². The first-order chi connectivity index (χ1) is 19.1. The van der Waals surface area contributed by atoms with Gasteiger partial charge in [0, 0.05) is 18.8 Å². The van der Waals surface area contributed by atoms with Crippen molar-refractivity contribution in [3.05, 3.63) is 83.3 Å². The summed E-state index contributed by atoms with van der Waals surface area (Å²) in [5, 5.41) is 0. The van der Waals surface area contributed by atoms with Crippen molar-refractivity contribution in [2.75, 3.05) is 20.8 Å². The molecule has 0 saturated carbocycles. The molecule has 1 unspecified atom stereocenters. The van der Waals surface area contributed by atoms with Gasteiger partial charge in [-0.25, -0.2) is 4.79 Å². The number of rotatable bonds is 17. The lowest BCUT2D eigenvalue weighted by atomic mass is 9.99. The van der Waals surface area contributed by atoms with Gasteiger partial charge in [-0.2, -0.15) is 0 Å². The number of carbonyl (C=O) groups is 2. The first-order valence-corrected chi connectivity index (χ1v) is 13.8. The average Bonchev–Trinajstić information content (AvgIpc) is 2.92. The van der Waals surface area contributed by atoms with Crippen LogP contribution in [-0.2, 0) is 20.7 Å². The maximum absolute atomic E-state index is 12.9. The highest BCUT2D eigenvalue weighted by Gasteiger charge is 2.20. The number of aryl methyl sites for hydroxylation is 1. The highest BCUT2D eigenvalue weighted by molar-refractivity contribution is 5.70. The van der Waals surface area contributed by atoms with Crippen LogP contribution < -0.4 is 9.47 Å². The van der Waals surface area contributed by atoms with E-state index in [1.165, 1.54) is 4.90 Å². The van der Waals surface area contributed by atoms with Gasteiger partial charge in [0.25, 0.3) is 6.47 Å². The van der Waals surface area contributed by atoms with E-state index < -0.39 is 12.2 Å². The number of allylic oxidation sites excluding steroid dienone is 7. The zero-order chi connectivity index (χ0) is 29.9. The molecule has 1 rings (SSSR count). The molecule has 1 aromatic carbocycles. The summed E-state index contributed by atoms with van der Waals surface area (Å²) in [4.78, 5) is 24.6. The zero-order valence-electron chi connectivity index (χ0n) is 25.4. The first kappa shape index (κ1) is 34.3. The number of hydrogen-bond donors (Lipinski definition) is 0. The molecule has 0 bridgehead atoms. The van der Waals surface area contributed by atoms with E-state index in [-0.39, 0.29) is 0 Å². The predicted octanol–water partition coefficient (Wildman–Crippen LogP) is 7.86. The maximum atomic E-state index is 12.9. The van der Waals surface area contributed by atoms with Gasteiger partial charge in [0.15, 0.2) is 6.10 Å². The minimum Gasteiger partial charge on any atom is -0.496 e. The van der Waals surface area contributed by atoms with Crippen molar-refractivity contribution < 1.29 is 28.5 Å². The Morgan fingerprint density at radius 3 is 2.45 bits per heavy atom. The van der Waals surface area contributed by atoms with Crippen molar-refractivity contribution in [3.8, 4) is 11.5 Å². The largest absolute Gasteiger partial charge is 0.496 e. The molecule has 220 valence electrons. The van der Waals surface area contributed by atoms with E-state index in [0.717, 1.165) is 35.3 Å². The second kappa shape index (κ2) is 19.3. The van der Waals surface area contributed by atoms with Gasteiger partial charge < -0.3 is 18.9 Å². The molecule has 0 radical (unpaired) electrons. The van der Waals surface area contributed by atoms with Crippen LogP contribution in [0.3, 0.4) is 0 Å². The van der Waals surface area contributed by atoms with E-state index in [9.17, 15) is 9.59 Å². The molecule has 0 saturated heterocycles. The van der Waals surface area contributed by atoms with Gasteiger partial charge in [0.2, 0.25) is 0 Å². The summed E-state index contributed by atoms with van der Waals surface area (Å²) >= 11 is 0. The fourth-order valence-electron chi connectivity index (χ4n) is 3.74. The van der Waals surface area contributed by atoms with Crippen LogP contribution in [0.15, 0.2) is 72.2 Å². The Bertz CT molecular complexity index is 1080. The molecule has 7 nitrogen and oxygen atoms in total. The minimum atomic E-state index is -0.549. The summed E-state index contributed by atoms with van der Waals surface area (Å²) in [5.41, 5.74) is 3.09. The van der Waals surface area contributed by atoms with E-state index in [0.29, 0.717) is 43.3 Å². The second-order valence-corrected chi connectivity index (χ2v) is 9.92. The van der Waals surface area contributed by atoms with Crippen LogP contribution in [0.4, 0.5) is 4.79 Å². The molecule has 7 heteroatoms. The lowest BCUT2D eigenvalue weighted by Crippen LogP contribution is -2.26. The Labute approximate surface area is 240 Å². The quantitative estimate of drug-likeness (QED) is 0.0643. The van der Waals surface area contributed by atoms with Crippen LogP contribution in [0, 0.1) is 12.8 Å². The summed E-state index contributed by atoms with van der Waals surface area (Å²) < 4.78 is 22.6. The molecule has 0 aliphatic rings. The SMILES string of the molecule is C\C=C/C=C\C=C\N(C)C(=O)O/C(=C/C/C(C)=C\CCOC=O)C(C)Oc1ccc(CCC(C)C)c(OC)c1C. The lowest BCUT2D eigenvalue weighted by molar-refractivity contribution is -0.128. The van der Waals surface area contributed by atoms with Crippen LogP contribution in [0.2, 0.25) is 0 Å². The summed E-state index contributed by atoms with van der Waals surface area (Å²) in [6.07, 6.45) is 16.8. The van der Waals surface area contributed by atoms with Gasteiger partial charge >= 0.3 is 6.09 Å². The van der Waals surface area contributed by atoms with Crippen LogP contribution in [-0.4, -0.2) is 44.3 Å². The summed E-state index contributed by atoms with van der Waals surface area (Å²) in [5.74, 6) is 2.48. The van der Waals surface area contributed by atoms with Crippen LogP contribution in [0.5, 0.6) is 11.5 Å². The van der Waals surface area contributed by atoms with E-state index in [2.05, 4.69) is 13.8 Å². The molecular formula is C33H47NO6. The highest BCUT2D eigenvalue weighted by Crippen LogP contribution is 2.34. The van der Waals surface area contributed by atoms with E-state index in [1.54, 1.807) is 26.4 Å². The third-order valence-corrected chi connectivity index (χ3v) is 6.09. The zero-order valence-corrected chi connectivity index (χ0v) is 25.4. The molecule has 0 aliphatic carbocycles. The maximum Gasteiger partial charge on any atom is 0.418 e. The van der Waals surface area contributed by atoms with Crippen LogP contribution in [0.1, 0.15) is 65.0 Å². The van der Waals surface area contributed by atoms with Crippen LogP contribution >= 0.6 is 0 Å². The number of carbonyl (C=O) groups excluding carboxylic acids is 2. The average molecular weight is 554 g/mol. The summed E-state index contributed by atoms with van der Waals surface area (Å²) in [7, 11) is 3.31. The van der Waals surface area contributed by atoms with E-state index in [1.807, 2.05) is 76.3 Å². The Balaban J connectivity index is 3.16. The number of amides is 1. The van der Waals surface area contributed by atoms with Gasteiger partial charge in [-0.1, -0.05) is 55.9 Å². The second-order valence-electron chi connectivity index (χ2n) is 9.92. The molecule has 1 atom stereocenters. The molecule has 0 aliphatic heterocycles. The van der Waals surface area contributed by atoms with Gasteiger partial charge in [0.1, 0.15) is 17.3 Å². The standard InChI is InChI=1S/C33H47NO6/c1-9-10-11-12-13-22-34(7)33(36)40-31(20-17-26(4)15-14-23-38-24-35)28(6)39-30-21-19-29(18-16-25(2)3)32(37-8)27(30)5/h9-13,15,19-22,24-25,28H,14,16-18,23H2,1-8H3/b10-9-,12-11-,22-13+,26-15-,31-20+. The Hall–Kier alpha value is -3.74. The molecule has 1 aromatic rings. The highest BCUT2D eigenvalue weighted by atomic mass is 16.6.